The van der Waals surface area contributed by atoms with Crippen LogP contribution in [0.15, 0.2) is 72.1 Å². The van der Waals surface area contributed by atoms with E-state index in [1.807, 2.05) is 36.5 Å². The van der Waals surface area contributed by atoms with Crippen molar-refractivity contribution in [1.29, 1.82) is 0 Å². The van der Waals surface area contributed by atoms with Gasteiger partial charge in [-0.3, -0.25) is 4.79 Å². The summed E-state index contributed by atoms with van der Waals surface area (Å²) in [7, 11) is 1.58. The molecule has 0 saturated heterocycles. The molecule has 0 aliphatic carbocycles. The number of carbonyl (C=O) groups excluding carboxylic acids is 1. The normalized spacial score (nSPS) is 10.7. The zero-order valence-corrected chi connectivity index (χ0v) is 13.1. The molecular weight excluding hydrogens is 304 g/mol. The first-order chi connectivity index (χ1) is 11.8. The van der Waals surface area contributed by atoms with Crippen molar-refractivity contribution in [3.63, 3.8) is 0 Å². The van der Waals surface area contributed by atoms with Gasteiger partial charge in [-0.05, 0) is 36.4 Å². The molecule has 1 N–H and O–H groups in total. The predicted molar refractivity (Wildman–Crippen MR) is 91.6 cm³/mol. The summed E-state index contributed by atoms with van der Waals surface area (Å²) in [6, 6.07) is 16.6. The largest absolute Gasteiger partial charge is 0.497 e. The van der Waals surface area contributed by atoms with Crippen LogP contribution in [0, 0.1) is 0 Å². The molecule has 3 aromatic rings. The third-order valence-electron chi connectivity index (χ3n) is 3.36. The molecule has 3 rings (SSSR count). The molecule has 0 aliphatic heterocycles. The quantitative estimate of drug-likeness (QED) is 0.580. The number of carbonyl (C=O) groups is 1. The maximum atomic E-state index is 12.0. The maximum Gasteiger partial charge on any atom is 0.271 e. The number of hydrogen-bond acceptors (Lipinski definition) is 4. The van der Waals surface area contributed by atoms with Crippen molar-refractivity contribution in [1.82, 2.24) is 15.2 Å². The van der Waals surface area contributed by atoms with Crippen LogP contribution in [0.1, 0.15) is 15.9 Å². The van der Waals surface area contributed by atoms with E-state index in [-0.39, 0.29) is 5.91 Å². The topological polar surface area (TPSA) is 68.5 Å². The number of nitrogens with one attached hydrogen (secondary N) is 1. The van der Waals surface area contributed by atoms with E-state index >= 15 is 0 Å². The lowest BCUT2D eigenvalue weighted by Gasteiger charge is -2.01. The molecule has 0 spiro atoms. The van der Waals surface area contributed by atoms with Gasteiger partial charge in [0.15, 0.2) is 0 Å². The smallest absolute Gasteiger partial charge is 0.271 e. The fraction of sp³-hybridized carbons (Fsp3) is 0.0556. The van der Waals surface area contributed by atoms with E-state index in [9.17, 15) is 4.79 Å². The van der Waals surface area contributed by atoms with E-state index in [1.165, 1.54) is 0 Å². The molecule has 6 heteroatoms. The third kappa shape index (κ3) is 3.67. The average molecular weight is 320 g/mol. The zero-order valence-electron chi connectivity index (χ0n) is 13.1. The van der Waals surface area contributed by atoms with Gasteiger partial charge in [-0.2, -0.15) is 10.2 Å². The van der Waals surface area contributed by atoms with E-state index in [1.54, 1.807) is 48.5 Å². The Bertz CT molecular complexity index is 839. The van der Waals surface area contributed by atoms with E-state index < -0.39 is 0 Å². The summed E-state index contributed by atoms with van der Waals surface area (Å²) in [6.07, 6.45) is 5.06. The predicted octanol–water partition coefficient (Wildman–Crippen LogP) is 2.64. The lowest BCUT2D eigenvalue weighted by atomic mass is 10.2. The molecule has 1 aromatic heterocycles. The number of hydrogen-bond donors (Lipinski definition) is 1. The second kappa shape index (κ2) is 7.23. The van der Waals surface area contributed by atoms with Crippen molar-refractivity contribution >= 4 is 12.1 Å². The maximum absolute atomic E-state index is 12.0. The van der Waals surface area contributed by atoms with Crippen molar-refractivity contribution in [2.45, 2.75) is 0 Å². The van der Waals surface area contributed by atoms with Crippen molar-refractivity contribution in [3.05, 3.63) is 78.1 Å². The molecule has 0 fully saturated rings. The summed E-state index contributed by atoms with van der Waals surface area (Å²) in [4.78, 5) is 12.0. The number of rotatable bonds is 5. The summed E-state index contributed by atoms with van der Waals surface area (Å²) < 4.78 is 6.80. The van der Waals surface area contributed by atoms with Crippen LogP contribution in [-0.2, 0) is 0 Å². The molecule has 120 valence electrons. The van der Waals surface area contributed by atoms with Crippen LogP contribution in [0.4, 0.5) is 0 Å². The highest BCUT2D eigenvalue weighted by Gasteiger charge is 2.04. The minimum absolute atomic E-state index is 0.288. The third-order valence-corrected chi connectivity index (χ3v) is 3.36. The Morgan fingerprint density at radius 1 is 1.17 bits per heavy atom. The number of hydrazone groups is 1. The Labute approximate surface area is 139 Å². The molecule has 6 nitrogen and oxygen atoms in total. The molecule has 0 unspecified atom stereocenters. The zero-order chi connectivity index (χ0) is 16.8. The Kier molecular flexibility index (Phi) is 4.67. The first-order valence-corrected chi connectivity index (χ1v) is 7.34. The minimum atomic E-state index is -0.288. The second-order valence-electron chi connectivity index (χ2n) is 4.98. The van der Waals surface area contributed by atoms with Gasteiger partial charge in [-0.1, -0.05) is 18.2 Å². The summed E-state index contributed by atoms with van der Waals surface area (Å²) >= 11 is 0. The van der Waals surface area contributed by atoms with Crippen LogP contribution in [0.3, 0.4) is 0 Å². The molecule has 0 bridgehead atoms. The van der Waals surface area contributed by atoms with Gasteiger partial charge < -0.3 is 4.74 Å². The Balaban J connectivity index is 1.62. The first-order valence-electron chi connectivity index (χ1n) is 7.34. The molecule has 24 heavy (non-hydrogen) atoms. The Hall–Kier alpha value is -3.41. The van der Waals surface area contributed by atoms with E-state index in [0.29, 0.717) is 11.3 Å². The van der Waals surface area contributed by atoms with Crippen LogP contribution >= 0.6 is 0 Å². The van der Waals surface area contributed by atoms with E-state index in [0.717, 1.165) is 11.3 Å². The van der Waals surface area contributed by atoms with Crippen LogP contribution < -0.4 is 10.2 Å². The van der Waals surface area contributed by atoms with Crippen LogP contribution in [0.2, 0.25) is 0 Å². The number of amides is 1. The van der Waals surface area contributed by atoms with Crippen LogP contribution in [-0.4, -0.2) is 29.0 Å². The van der Waals surface area contributed by atoms with Crippen molar-refractivity contribution < 1.29 is 9.53 Å². The van der Waals surface area contributed by atoms with E-state index in [4.69, 9.17) is 4.74 Å². The number of ether oxygens (including phenoxy) is 1. The van der Waals surface area contributed by atoms with Gasteiger partial charge >= 0.3 is 0 Å². The van der Waals surface area contributed by atoms with Crippen molar-refractivity contribution in [2.75, 3.05) is 7.11 Å². The standard InChI is InChI=1S/C18H16N4O2/c1-24-17-9-7-15(8-10-17)18(23)21-19-11-14-12-20-22(13-14)16-5-3-2-4-6-16/h2-13H,1H3,(H,21,23)/b19-11-. The first kappa shape index (κ1) is 15.5. The number of methoxy groups -OCH3 is 1. The van der Waals surface area contributed by atoms with Gasteiger partial charge in [-0.25, -0.2) is 10.1 Å². The van der Waals surface area contributed by atoms with Gasteiger partial charge in [0.05, 0.1) is 25.2 Å². The highest BCUT2D eigenvalue weighted by atomic mass is 16.5. The van der Waals surface area contributed by atoms with Crippen LogP contribution in [0.25, 0.3) is 5.69 Å². The van der Waals surface area contributed by atoms with Crippen molar-refractivity contribution in [3.8, 4) is 11.4 Å². The van der Waals surface area contributed by atoms with Crippen molar-refractivity contribution in [2.24, 2.45) is 5.10 Å². The van der Waals surface area contributed by atoms with E-state index in [2.05, 4.69) is 15.6 Å². The molecule has 0 aliphatic rings. The number of benzene rings is 2. The highest BCUT2D eigenvalue weighted by Crippen LogP contribution is 2.11. The van der Waals surface area contributed by atoms with Gasteiger partial charge in [-0.15, -0.1) is 0 Å². The molecule has 2 aromatic carbocycles. The average Bonchev–Trinajstić information content (AvgIpc) is 3.11. The Morgan fingerprint density at radius 3 is 2.62 bits per heavy atom. The number of para-hydroxylation sites is 1. The molecule has 0 atom stereocenters. The summed E-state index contributed by atoms with van der Waals surface area (Å²) in [5.41, 5.74) is 4.74. The fourth-order valence-corrected chi connectivity index (χ4v) is 2.10. The molecule has 1 amide bonds. The molecule has 0 saturated carbocycles. The minimum Gasteiger partial charge on any atom is -0.497 e. The van der Waals surface area contributed by atoms with Crippen LogP contribution in [0.5, 0.6) is 5.75 Å². The molecule has 1 heterocycles. The lowest BCUT2D eigenvalue weighted by Crippen LogP contribution is -2.17. The van der Waals surface area contributed by atoms with Gasteiger partial charge in [0.1, 0.15) is 5.75 Å². The highest BCUT2D eigenvalue weighted by molar-refractivity contribution is 5.94. The summed E-state index contributed by atoms with van der Waals surface area (Å²) in [5, 5.41) is 8.22. The second-order valence-corrected chi connectivity index (χ2v) is 4.98. The number of nitrogens with zero attached hydrogens (tertiary/aromatic N) is 3. The summed E-state index contributed by atoms with van der Waals surface area (Å²) in [6.45, 7) is 0. The number of aromatic nitrogens is 2. The molecular formula is C18H16N4O2. The summed E-state index contributed by atoms with van der Waals surface area (Å²) in [5.74, 6) is 0.410. The lowest BCUT2D eigenvalue weighted by molar-refractivity contribution is 0.0955. The SMILES string of the molecule is COc1ccc(C(=O)N/N=C\c2cnn(-c3ccccc3)c2)cc1. The monoisotopic (exact) mass is 320 g/mol. The van der Waals surface area contributed by atoms with Gasteiger partial charge in [0.25, 0.3) is 5.91 Å². The molecule has 0 radical (unpaired) electrons. The Morgan fingerprint density at radius 2 is 1.92 bits per heavy atom. The van der Waals surface area contributed by atoms with Gasteiger partial charge in [0, 0.05) is 17.3 Å². The fourth-order valence-electron chi connectivity index (χ4n) is 2.10. The van der Waals surface area contributed by atoms with Gasteiger partial charge in [0.2, 0.25) is 0 Å².